The lowest BCUT2D eigenvalue weighted by Crippen LogP contribution is -2.36. The molecule has 4 aromatic carbocycles. The molecule has 47 heavy (non-hydrogen) atoms. The average molecular weight is 621 g/mol. The van der Waals surface area contributed by atoms with E-state index >= 15 is 0 Å². The molecule has 8 heteroatoms. The lowest BCUT2D eigenvalue weighted by molar-refractivity contribution is -0.146. The number of carbonyl (C=O) groups excluding carboxylic acids is 1. The van der Waals surface area contributed by atoms with Crippen LogP contribution in [0, 0.1) is 0 Å². The predicted octanol–water partition coefficient (Wildman–Crippen LogP) is 7.63. The van der Waals surface area contributed by atoms with E-state index in [9.17, 15) is 14.7 Å². The van der Waals surface area contributed by atoms with Gasteiger partial charge in [0.25, 0.3) is 0 Å². The number of ether oxygens (including phenoxy) is 1. The lowest BCUT2D eigenvalue weighted by Gasteiger charge is -2.26. The first-order chi connectivity index (χ1) is 22.6. The largest absolute Gasteiger partial charge is 0.481 e. The Kier molecular flexibility index (Phi) is 6.18. The molecular weight excluding hydrogens is 588 g/mol. The number of esters is 1. The molecule has 8 rings (SSSR count). The lowest BCUT2D eigenvalue weighted by atomic mass is 9.80. The van der Waals surface area contributed by atoms with E-state index in [0.717, 1.165) is 65.9 Å². The number of nitrogens with zero attached hydrogens (tertiary/aromatic N) is 4. The average Bonchev–Trinajstić information content (AvgIpc) is 3.75. The number of carboxylic acid groups (broad SMARTS) is 1. The van der Waals surface area contributed by atoms with Gasteiger partial charge in [0.2, 0.25) is 0 Å². The third-order valence-electron chi connectivity index (χ3n) is 9.82. The number of fused-ring (bicyclic) bond motifs is 12. The predicted molar refractivity (Wildman–Crippen MR) is 184 cm³/mol. The minimum atomic E-state index is -1.30. The number of pyridine rings is 2. The van der Waals surface area contributed by atoms with Crippen LogP contribution in [0.15, 0.2) is 103 Å². The number of aliphatic carboxylic acids is 1. The Balaban J connectivity index is 1.33. The quantitative estimate of drug-likeness (QED) is 0.152. The smallest absolute Gasteiger partial charge is 0.317 e. The number of aromatic nitrogens is 4. The van der Waals surface area contributed by atoms with Crippen molar-refractivity contribution in [1.29, 1.82) is 0 Å². The van der Waals surface area contributed by atoms with Crippen LogP contribution in [0.2, 0.25) is 0 Å². The molecule has 8 nitrogen and oxygen atoms in total. The first kappa shape index (κ1) is 28.7. The van der Waals surface area contributed by atoms with Gasteiger partial charge in [0.15, 0.2) is 0 Å². The first-order valence-electron chi connectivity index (χ1n) is 15.6. The van der Waals surface area contributed by atoms with Crippen molar-refractivity contribution in [2.75, 3.05) is 7.11 Å². The van der Waals surface area contributed by atoms with Crippen LogP contribution in [0.1, 0.15) is 37.7 Å². The molecule has 4 heterocycles. The van der Waals surface area contributed by atoms with E-state index in [-0.39, 0.29) is 12.4 Å². The highest BCUT2D eigenvalue weighted by Gasteiger charge is 2.39. The zero-order valence-corrected chi connectivity index (χ0v) is 26.5. The number of rotatable bonds is 6. The van der Waals surface area contributed by atoms with Crippen molar-refractivity contribution in [1.82, 2.24) is 18.8 Å². The molecule has 0 aliphatic rings. The molecule has 0 radical (unpaired) electrons. The van der Waals surface area contributed by atoms with Gasteiger partial charge in [-0.05, 0) is 55.7 Å². The third-order valence-corrected chi connectivity index (χ3v) is 9.82. The molecule has 1 atom stereocenters. The molecule has 0 spiro atoms. The molecule has 232 valence electrons. The summed E-state index contributed by atoms with van der Waals surface area (Å²) < 4.78 is 9.18. The van der Waals surface area contributed by atoms with Crippen LogP contribution in [-0.4, -0.2) is 42.9 Å². The van der Waals surface area contributed by atoms with Crippen LogP contribution in [0.3, 0.4) is 0 Å². The SMILES string of the molecule is COC(=O)C(C)(C)c1cnc2c3ccc(CC(C)(C(=O)O)c4cnc5c6ccccc6c6ccccc6n45)cc3c3ccccc3n12. The van der Waals surface area contributed by atoms with Crippen molar-refractivity contribution < 1.29 is 19.4 Å². The second-order valence-corrected chi connectivity index (χ2v) is 13.0. The Labute approximate surface area is 269 Å². The second kappa shape index (κ2) is 10.1. The molecule has 0 aliphatic heterocycles. The maximum Gasteiger partial charge on any atom is 0.317 e. The standard InChI is InChI=1S/C39H32N4O4/c1-38(2,37(46)47-4)32-21-40-35-28-18-17-23(19-29(28)26-13-8-10-16-31(26)42(32)35)20-39(3,36(44)45)33-22-41-34-27-14-6-5-11-24(27)25-12-7-9-15-30(25)43(33)34/h5-19,21-22H,20H2,1-4H3,(H,44,45). The first-order valence-corrected chi connectivity index (χ1v) is 15.6. The number of carbonyl (C=O) groups is 2. The molecule has 0 saturated heterocycles. The van der Waals surface area contributed by atoms with Gasteiger partial charge in [-0.25, -0.2) is 9.97 Å². The summed E-state index contributed by atoms with van der Waals surface area (Å²) in [7, 11) is 1.39. The Hall–Kier alpha value is -5.76. The number of benzene rings is 4. The maximum atomic E-state index is 13.3. The van der Waals surface area contributed by atoms with Crippen molar-refractivity contribution in [3.8, 4) is 0 Å². The molecule has 0 aliphatic carbocycles. The van der Waals surface area contributed by atoms with Gasteiger partial charge in [-0.3, -0.25) is 18.4 Å². The Morgan fingerprint density at radius 2 is 1.19 bits per heavy atom. The van der Waals surface area contributed by atoms with Crippen molar-refractivity contribution in [2.45, 2.75) is 38.0 Å². The van der Waals surface area contributed by atoms with Gasteiger partial charge in [0.05, 0.1) is 41.9 Å². The molecule has 0 bridgehead atoms. The summed E-state index contributed by atoms with van der Waals surface area (Å²) in [6.07, 6.45) is 3.70. The summed E-state index contributed by atoms with van der Waals surface area (Å²) in [5.74, 6) is -1.28. The molecule has 4 aromatic heterocycles. The highest BCUT2D eigenvalue weighted by molar-refractivity contribution is 6.13. The van der Waals surface area contributed by atoms with Crippen LogP contribution >= 0.6 is 0 Å². The van der Waals surface area contributed by atoms with Gasteiger partial charge in [0.1, 0.15) is 22.1 Å². The summed E-state index contributed by atoms with van der Waals surface area (Å²) in [5.41, 5.74) is 3.25. The minimum absolute atomic E-state index is 0.238. The normalized spacial score (nSPS) is 13.6. The Bertz CT molecular complexity index is 2600. The van der Waals surface area contributed by atoms with Crippen molar-refractivity contribution in [3.05, 3.63) is 120 Å². The molecular formula is C39H32N4O4. The van der Waals surface area contributed by atoms with Gasteiger partial charge >= 0.3 is 11.9 Å². The van der Waals surface area contributed by atoms with Crippen LogP contribution in [-0.2, 0) is 31.6 Å². The fourth-order valence-electron chi connectivity index (χ4n) is 7.27. The van der Waals surface area contributed by atoms with E-state index in [2.05, 4.69) is 18.2 Å². The number of hydrogen-bond acceptors (Lipinski definition) is 5. The molecule has 8 aromatic rings. The van der Waals surface area contributed by atoms with Gasteiger partial charge in [-0.2, -0.15) is 0 Å². The van der Waals surface area contributed by atoms with Crippen LogP contribution < -0.4 is 0 Å². The summed E-state index contributed by atoms with van der Waals surface area (Å²) in [6, 6.07) is 30.3. The molecule has 0 fully saturated rings. The van der Waals surface area contributed by atoms with Crippen molar-refractivity contribution >= 4 is 66.6 Å². The van der Waals surface area contributed by atoms with Gasteiger partial charge in [-0.1, -0.05) is 78.9 Å². The topological polar surface area (TPSA) is 98.2 Å². The number of methoxy groups -OCH3 is 1. The minimum Gasteiger partial charge on any atom is -0.481 e. The summed E-state index contributed by atoms with van der Waals surface area (Å²) >= 11 is 0. The molecule has 1 N–H and O–H groups in total. The number of imidazole rings is 2. The number of carboxylic acids is 1. The number of para-hydroxylation sites is 2. The van der Waals surface area contributed by atoms with E-state index in [1.807, 2.05) is 95.4 Å². The zero-order valence-electron chi connectivity index (χ0n) is 26.5. The Morgan fingerprint density at radius 1 is 0.681 bits per heavy atom. The van der Waals surface area contributed by atoms with E-state index in [0.29, 0.717) is 5.69 Å². The van der Waals surface area contributed by atoms with E-state index in [1.54, 1.807) is 19.3 Å². The fourth-order valence-corrected chi connectivity index (χ4v) is 7.27. The van der Waals surface area contributed by atoms with Crippen molar-refractivity contribution in [2.24, 2.45) is 0 Å². The van der Waals surface area contributed by atoms with Gasteiger partial charge < -0.3 is 9.84 Å². The second-order valence-electron chi connectivity index (χ2n) is 13.0. The van der Waals surface area contributed by atoms with Crippen molar-refractivity contribution in [3.63, 3.8) is 0 Å². The fraction of sp³-hybridized carbons (Fsp3) is 0.179. The summed E-state index contributed by atoms with van der Waals surface area (Å²) in [4.78, 5) is 35.7. The van der Waals surface area contributed by atoms with Crippen LogP contribution in [0.25, 0.3) is 54.6 Å². The number of hydrogen-bond donors (Lipinski definition) is 1. The van der Waals surface area contributed by atoms with E-state index < -0.39 is 16.8 Å². The van der Waals surface area contributed by atoms with E-state index in [1.165, 1.54) is 7.11 Å². The maximum absolute atomic E-state index is 13.3. The molecule has 1 unspecified atom stereocenters. The Morgan fingerprint density at radius 3 is 1.81 bits per heavy atom. The zero-order chi connectivity index (χ0) is 32.7. The van der Waals surface area contributed by atoms with Crippen LogP contribution in [0.5, 0.6) is 0 Å². The van der Waals surface area contributed by atoms with E-state index in [4.69, 9.17) is 14.7 Å². The third kappa shape index (κ3) is 4.00. The molecule has 0 saturated carbocycles. The highest BCUT2D eigenvalue weighted by atomic mass is 16.5. The molecule has 0 amide bonds. The monoisotopic (exact) mass is 620 g/mol. The van der Waals surface area contributed by atoms with Gasteiger partial charge in [-0.15, -0.1) is 0 Å². The summed E-state index contributed by atoms with van der Waals surface area (Å²) in [6.45, 7) is 5.45. The van der Waals surface area contributed by atoms with Gasteiger partial charge in [0, 0.05) is 21.5 Å². The summed E-state index contributed by atoms with van der Waals surface area (Å²) in [5, 5.41) is 16.8. The highest BCUT2D eigenvalue weighted by Crippen LogP contribution is 2.38. The van der Waals surface area contributed by atoms with Crippen LogP contribution in [0.4, 0.5) is 0 Å².